The van der Waals surface area contributed by atoms with Crippen LogP contribution in [-0.4, -0.2) is 51.1 Å². The topological polar surface area (TPSA) is 66.5 Å². The molecule has 1 aliphatic heterocycles. The molecule has 0 aromatic carbocycles. The minimum atomic E-state index is -0.967. The van der Waals surface area contributed by atoms with Crippen LogP contribution in [0.1, 0.15) is 33.6 Å². The highest BCUT2D eigenvalue weighted by Crippen LogP contribution is 2.42. The number of carbonyl (C=O) groups is 2. The standard InChI is InChI=1S/C14H24N2O3S/c1-9(2)11-12(17)15-14(3,10-5-6-10)13(18)16(11)7-8-20(4)19/h9-11H,5-8H2,1-4H3,(H,15,17). The molecule has 2 fully saturated rings. The van der Waals surface area contributed by atoms with E-state index in [1.165, 1.54) is 0 Å². The van der Waals surface area contributed by atoms with Crippen molar-refractivity contribution in [2.75, 3.05) is 18.6 Å². The van der Waals surface area contributed by atoms with Crippen LogP contribution in [0.25, 0.3) is 0 Å². The second-order valence-electron chi connectivity index (χ2n) is 6.43. The smallest absolute Gasteiger partial charge is 0.249 e. The molecule has 0 aromatic heterocycles. The average Bonchev–Trinajstić information content (AvgIpc) is 3.15. The summed E-state index contributed by atoms with van der Waals surface area (Å²) in [5.41, 5.74) is -0.766. The molecule has 5 nitrogen and oxygen atoms in total. The zero-order chi connectivity index (χ0) is 15.1. The lowest BCUT2D eigenvalue weighted by Gasteiger charge is -2.46. The Balaban J connectivity index is 2.25. The first-order chi connectivity index (χ1) is 9.27. The quantitative estimate of drug-likeness (QED) is 0.805. The van der Waals surface area contributed by atoms with Gasteiger partial charge in [-0.25, -0.2) is 0 Å². The summed E-state index contributed by atoms with van der Waals surface area (Å²) in [5, 5.41) is 2.95. The Morgan fingerprint density at radius 2 is 2.00 bits per heavy atom. The van der Waals surface area contributed by atoms with E-state index in [1.807, 2.05) is 20.8 Å². The zero-order valence-electron chi connectivity index (χ0n) is 12.6. The molecular formula is C14H24N2O3S. The Hall–Kier alpha value is -0.910. The van der Waals surface area contributed by atoms with Gasteiger partial charge in [0.25, 0.3) is 0 Å². The molecule has 0 radical (unpaired) electrons. The lowest BCUT2D eigenvalue weighted by atomic mass is 9.86. The van der Waals surface area contributed by atoms with E-state index in [0.717, 1.165) is 12.8 Å². The van der Waals surface area contributed by atoms with Crippen LogP contribution in [-0.2, 0) is 20.4 Å². The number of nitrogens with zero attached hydrogens (tertiary/aromatic N) is 1. The van der Waals surface area contributed by atoms with E-state index < -0.39 is 22.4 Å². The number of rotatable bonds is 5. The molecule has 114 valence electrons. The van der Waals surface area contributed by atoms with E-state index >= 15 is 0 Å². The fourth-order valence-corrected chi connectivity index (χ4v) is 3.47. The van der Waals surface area contributed by atoms with E-state index in [-0.39, 0.29) is 23.7 Å². The fraction of sp³-hybridized carbons (Fsp3) is 0.857. The third-order valence-electron chi connectivity index (χ3n) is 4.34. The van der Waals surface area contributed by atoms with Crippen LogP contribution in [0.15, 0.2) is 0 Å². The third-order valence-corrected chi connectivity index (χ3v) is 5.09. The maximum Gasteiger partial charge on any atom is 0.249 e. The molecule has 6 heteroatoms. The van der Waals surface area contributed by atoms with Crippen LogP contribution in [0.4, 0.5) is 0 Å². The average molecular weight is 300 g/mol. The molecule has 1 saturated carbocycles. The van der Waals surface area contributed by atoms with E-state index in [0.29, 0.717) is 12.3 Å². The van der Waals surface area contributed by atoms with Crippen molar-refractivity contribution in [2.45, 2.75) is 45.2 Å². The highest BCUT2D eigenvalue weighted by molar-refractivity contribution is 7.84. The maximum absolute atomic E-state index is 12.8. The van der Waals surface area contributed by atoms with Crippen molar-refractivity contribution in [3.63, 3.8) is 0 Å². The van der Waals surface area contributed by atoms with Crippen molar-refractivity contribution in [3.05, 3.63) is 0 Å². The Labute approximate surface area is 122 Å². The van der Waals surface area contributed by atoms with Crippen molar-refractivity contribution >= 4 is 22.6 Å². The van der Waals surface area contributed by atoms with Crippen molar-refractivity contribution < 1.29 is 13.8 Å². The third kappa shape index (κ3) is 2.75. The normalized spacial score (nSPS) is 32.5. The number of hydrogen-bond acceptors (Lipinski definition) is 3. The minimum absolute atomic E-state index is 0.0104. The van der Waals surface area contributed by atoms with Gasteiger partial charge in [-0.05, 0) is 31.6 Å². The number of hydrogen-bond donors (Lipinski definition) is 1. The molecule has 1 heterocycles. The molecule has 1 aliphatic carbocycles. The van der Waals surface area contributed by atoms with Gasteiger partial charge in [0.05, 0.1) is 0 Å². The van der Waals surface area contributed by atoms with E-state index in [4.69, 9.17) is 0 Å². The van der Waals surface area contributed by atoms with Gasteiger partial charge in [-0.15, -0.1) is 0 Å². The minimum Gasteiger partial charge on any atom is -0.340 e. The first-order valence-electron chi connectivity index (χ1n) is 7.20. The summed E-state index contributed by atoms with van der Waals surface area (Å²) in [4.78, 5) is 26.9. The van der Waals surface area contributed by atoms with Gasteiger partial charge in [-0.1, -0.05) is 13.8 Å². The molecule has 20 heavy (non-hydrogen) atoms. The monoisotopic (exact) mass is 300 g/mol. The molecule has 3 unspecified atom stereocenters. The molecule has 2 rings (SSSR count). The maximum atomic E-state index is 12.8. The lowest BCUT2D eigenvalue weighted by molar-refractivity contribution is -0.156. The summed E-state index contributed by atoms with van der Waals surface area (Å²) in [6.07, 6.45) is 3.60. The zero-order valence-corrected chi connectivity index (χ0v) is 13.5. The van der Waals surface area contributed by atoms with Crippen LogP contribution >= 0.6 is 0 Å². The molecule has 1 saturated heterocycles. The SMILES string of the molecule is CC(C)C1C(=O)NC(C)(C2CC2)C(=O)N1CCS(C)=O. The van der Waals surface area contributed by atoms with Gasteiger partial charge in [-0.2, -0.15) is 0 Å². The number of nitrogens with one attached hydrogen (secondary N) is 1. The Morgan fingerprint density at radius 1 is 1.40 bits per heavy atom. The summed E-state index contributed by atoms with van der Waals surface area (Å²) in [7, 11) is -0.967. The van der Waals surface area contributed by atoms with Crippen molar-refractivity contribution in [3.8, 4) is 0 Å². The molecule has 0 aromatic rings. The summed E-state index contributed by atoms with van der Waals surface area (Å²) in [6.45, 7) is 6.10. The van der Waals surface area contributed by atoms with Crippen LogP contribution in [0, 0.1) is 11.8 Å². The largest absolute Gasteiger partial charge is 0.340 e. The predicted octanol–water partition coefficient (Wildman–Crippen LogP) is 0.517. The molecule has 3 atom stereocenters. The van der Waals surface area contributed by atoms with Crippen LogP contribution in [0.2, 0.25) is 0 Å². The Morgan fingerprint density at radius 3 is 2.45 bits per heavy atom. The molecule has 0 spiro atoms. The first kappa shape index (κ1) is 15.5. The summed E-state index contributed by atoms with van der Waals surface area (Å²) in [6, 6.07) is -0.446. The Kier molecular flexibility index (Phi) is 4.23. The van der Waals surface area contributed by atoms with E-state index in [2.05, 4.69) is 5.32 Å². The van der Waals surface area contributed by atoms with Crippen molar-refractivity contribution in [1.82, 2.24) is 10.2 Å². The highest BCUT2D eigenvalue weighted by Gasteiger charge is 2.55. The van der Waals surface area contributed by atoms with E-state index in [9.17, 15) is 13.8 Å². The second-order valence-corrected chi connectivity index (χ2v) is 7.99. The summed E-state index contributed by atoms with van der Waals surface area (Å²) >= 11 is 0. The molecular weight excluding hydrogens is 276 g/mol. The molecule has 1 N–H and O–H groups in total. The van der Waals surface area contributed by atoms with Gasteiger partial charge in [0.2, 0.25) is 11.8 Å². The first-order valence-corrected chi connectivity index (χ1v) is 8.93. The van der Waals surface area contributed by atoms with Gasteiger partial charge in [-0.3, -0.25) is 13.8 Å². The van der Waals surface area contributed by atoms with Crippen LogP contribution in [0.3, 0.4) is 0 Å². The van der Waals surface area contributed by atoms with Gasteiger partial charge >= 0.3 is 0 Å². The Bertz CT molecular complexity index is 448. The molecule has 2 amide bonds. The molecule has 0 bridgehead atoms. The van der Waals surface area contributed by atoms with Crippen LogP contribution < -0.4 is 5.32 Å². The predicted molar refractivity (Wildman–Crippen MR) is 78.5 cm³/mol. The fourth-order valence-electron chi connectivity index (χ4n) is 3.02. The van der Waals surface area contributed by atoms with Gasteiger partial charge in [0.1, 0.15) is 11.6 Å². The second kappa shape index (κ2) is 5.47. The van der Waals surface area contributed by atoms with Crippen LogP contribution in [0.5, 0.6) is 0 Å². The van der Waals surface area contributed by atoms with E-state index in [1.54, 1.807) is 11.2 Å². The highest BCUT2D eigenvalue weighted by atomic mass is 32.2. The number of carbonyl (C=O) groups excluding carboxylic acids is 2. The lowest BCUT2D eigenvalue weighted by Crippen LogP contribution is -2.71. The van der Waals surface area contributed by atoms with Gasteiger partial charge < -0.3 is 10.2 Å². The number of piperazine rings is 1. The van der Waals surface area contributed by atoms with Crippen molar-refractivity contribution in [1.29, 1.82) is 0 Å². The van der Waals surface area contributed by atoms with Crippen molar-refractivity contribution in [2.24, 2.45) is 11.8 Å². The van der Waals surface area contributed by atoms with Gasteiger partial charge in [0, 0.05) is 29.4 Å². The number of amides is 2. The molecule has 2 aliphatic rings. The summed E-state index contributed by atoms with van der Waals surface area (Å²) in [5.74, 6) is 0.637. The van der Waals surface area contributed by atoms with Gasteiger partial charge in [0.15, 0.2) is 0 Å². The summed E-state index contributed by atoms with van der Waals surface area (Å²) < 4.78 is 11.3.